The molecule has 0 fully saturated rings. The molecular formula is C28H41N3O4S. The molecule has 0 bridgehead atoms. The lowest BCUT2D eigenvalue weighted by Crippen LogP contribution is -2.49. The Morgan fingerprint density at radius 2 is 1.69 bits per heavy atom. The van der Waals surface area contributed by atoms with Crippen molar-refractivity contribution in [2.75, 3.05) is 17.1 Å². The van der Waals surface area contributed by atoms with Crippen molar-refractivity contribution >= 4 is 27.5 Å². The SMILES string of the molecule is CC[C@H](C)NC(=O)[C@H](C)N(Cc1cccc(C)c1)C(=O)CCCN(c1ccc(C)c(C)c1)S(C)(=O)=O. The van der Waals surface area contributed by atoms with Crippen LogP contribution in [-0.2, 0) is 26.2 Å². The quantitative estimate of drug-likeness (QED) is 0.451. The van der Waals surface area contributed by atoms with Crippen LogP contribution in [0.15, 0.2) is 42.5 Å². The van der Waals surface area contributed by atoms with Crippen LogP contribution in [0.1, 0.15) is 62.3 Å². The van der Waals surface area contributed by atoms with Crippen LogP contribution in [0.3, 0.4) is 0 Å². The van der Waals surface area contributed by atoms with Crippen molar-refractivity contribution in [2.45, 2.75) is 79.4 Å². The van der Waals surface area contributed by atoms with Gasteiger partial charge in [0, 0.05) is 25.6 Å². The molecule has 8 heteroatoms. The summed E-state index contributed by atoms with van der Waals surface area (Å²) in [5.74, 6) is -0.380. The third-order valence-corrected chi connectivity index (χ3v) is 7.73. The lowest BCUT2D eigenvalue weighted by molar-refractivity contribution is -0.140. The monoisotopic (exact) mass is 515 g/mol. The molecular weight excluding hydrogens is 474 g/mol. The topological polar surface area (TPSA) is 86.8 Å². The summed E-state index contributed by atoms with van der Waals surface area (Å²) in [5, 5.41) is 2.97. The van der Waals surface area contributed by atoms with Gasteiger partial charge in [0.15, 0.2) is 0 Å². The van der Waals surface area contributed by atoms with E-state index in [-0.39, 0.29) is 30.8 Å². The second kappa shape index (κ2) is 12.9. The highest BCUT2D eigenvalue weighted by Gasteiger charge is 2.27. The molecule has 0 aliphatic rings. The van der Waals surface area contributed by atoms with Crippen molar-refractivity contribution < 1.29 is 18.0 Å². The first kappa shape index (κ1) is 29.4. The number of nitrogens with one attached hydrogen (secondary N) is 1. The van der Waals surface area contributed by atoms with E-state index in [0.717, 1.165) is 28.7 Å². The number of hydrogen-bond donors (Lipinski definition) is 1. The summed E-state index contributed by atoms with van der Waals surface area (Å²) >= 11 is 0. The molecule has 0 aromatic heterocycles. The van der Waals surface area contributed by atoms with Gasteiger partial charge >= 0.3 is 0 Å². The maximum atomic E-state index is 13.4. The van der Waals surface area contributed by atoms with Gasteiger partial charge in [0.2, 0.25) is 21.8 Å². The first-order valence-corrected chi connectivity index (χ1v) is 14.4. The van der Waals surface area contributed by atoms with E-state index in [1.165, 1.54) is 10.6 Å². The Balaban J connectivity index is 2.19. The van der Waals surface area contributed by atoms with Crippen LogP contribution in [0, 0.1) is 20.8 Å². The fourth-order valence-corrected chi connectivity index (χ4v) is 4.90. The number of hydrogen-bond acceptors (Lipinski definition) is 4. The van der Waals surface area contributed by atoms with Gasteiger partial charge in [0.05, 0.1) is 11.9 Å². The van der Waals surface area contributed by atoms with Crippen molar-refractivity contribution in [2.24, 2.45) is 0 Å². The molecule has 0 aliphatic heterocycles. The van der Waals surface area contributed by atoms with Crippen LogP contribution >= 0.6 is 0 Å². The van der Waals surface area contributed by atoms with Gasteiger partial charge < -0.3 is 10.2 Å². The van der Waals surface area contributed by atoms with Gasteiger partial charge in [0.1, 0.15) is 6.04 Å². The van der Waals surface area contributed by atoms with Crippen LogP contribution in [0.25, 0.3) is 0 Å². The molecule has 1 N–H and O–H groups in total. The van der Waals surface area contributed by atoms with Crippen molar-refractivity contribution in [3.05, 3.63) is 64.7 Å². The Labute approximate surface area is 216 Å². The van der Waals surface area contributed by atoms with Gasteiger partial charge in [-0.1, -0.05) is 42.8 Å². The van der Waals surface area contributed by atoms with Gasteiger partial charge in [0.25, 0.3) is 0 Å². The second-order valence-corrected chi connectivity index (χ2v) is 11.6. The summed E-state index contributed by atoms with van der Waals surface area (Å²) in [6.07, 6.45) is 2.44. The number of carbonyl (C=O) groups excluding carboxylic acids is 2. The zero-order chi connectivity index (χ0) is 27.0. The van der Waals surface area contributed by atoms with Crippen molar-refractivity contribution in [1.29, 1.82) is 0 Å². The van der Waals surface area contributed by atoms with Gasteiger partial charge in [-0.2, -0.15) is 0 Å². The summed E-state index contributed by atoms with van der Waals surface area (Å²) in [4.78, 5) is 27.8. The highest BCUT2D eigenvalue weighted by Crippen LogP contribution is 2.22. The van der Waals surface area contributed by atoms with Crippen LogP contribution in [0.2, 0.25) is 0 Å². The average Bonchev–Trinajstić information content (AvgIpc) is 2.80. The highest BCUT2D eigenvalue weighted by molar-refractivity contribution is 7.92. The molecule has 2 atom stereocenters. The molecule has 2 rings (SSSR count). The largest absolute Gasteiger partial charge is 0.352 e. The Kier molecular flexibility index (Phi) is 10.5. The highest BCUT2D eigenvalue weighted by atomic mass is 32.2. The molecule has 0 saturated heterocycles. The van der Waals surface area contributed by atoms with E-state index in [1.54, 1.807) is 17.9 Å². The summed E-state index contributed by atoms with van der Waals surface area (Å²) in [7, 11) is -3.52. The molecule has 0 radical (unpaired) electrons. The summed E-state index contributed by atoms with van der Waals surface area (Å²) in [6, 6.07) is 12.8. The minimum absolute atomic E-state index is 0.0113. The molecule has 7 nitrogen and oxygen atoms in total. The standard InChI is InChI=1S/C28H41N3O4S/c1-8-23(5)29-28(33)24(6)30(19-25-12-9-11-20(2)17-25)27(32)13-10-16-31(36(7,34)35)26-15-14-21(3)22(4)18-26/h9,11-12,14-15,17-18,23-24H,8,10,13,16,19H2,1-7H3,(H,29,33)/t23-,24-/m0/s1. The van der Waals surface area contributed by atoms with Crippen LogP contribution in [-0.4, -0.2) is 50.0 Å². The van der Waals surface area contributed by atoms with E-state index in [4.69, 9.17) is 0 Å². The number of benzene rings is 2. The number of rotatable bonds is 12. The first-order chi connectivity index (χ1) is 16.8. The van der Waals surface area contributed by atoms with Gasteiger partial charge in [-0.05, 0) is 76.3 Å². The second-order valence-electron chi connectivity index (χ2n) is 9.71. The van der Waals surface area contributed by atoms with Crippen molar-refractivity contribution in [3.8, 4) is 0 Å². The molecule has 0 saturated carbocycles. The average molecular weight is 516 g/mol. The Bertz CT molecular complexity index is 1160. The Hall–Kier alpha value is -2.87. The summed E-state index contributed by atoms with van der Waals surface area (Å²) < 4.78 is 26.4. The van der Waals surface area contributed by atoms with Crippen molar-refractivity contribution in [1.82, 2.24) is 10.2 Å². The van der Waals surface area contributed by atoms with E-state index < -0.39 is 16.1 Å². The van der Waals surface area contributed by atoms with Crippen LogP contribution < -0.4 is 9.62 Å². The van der Waals surface area contributed by atoms with Crippen molar-refractivity contribution in [3.63, 3.8) is 0 Å². The third kappa shape index (κ3) is 8.36. The molecule has 2 aromatic carbocycles. The molecule has 2 aromatic rings. The predicted molar refractivity (Wildman–Crippen MR) is 146 cm³/mol. The molecule has 36 heavy (non-hydrogen) atoms. The number of anilines is 1. The maximum Gasteiger partial charge on any atom is 0.242 e. The number of amides is 2. The minimum Gasteiger partial charge on any atom is -0.352 e. The predicted octanol–water partition coefficient (Wildman–Crippen LogP) is 4.49. The van der Waals surface area contributed by atoms with E-state index in [2.05, 4.69) is 5.32 Å². The molecule has 0 heterocycles. The smallest absolute Gasteiger partial charge is 0.242 e. The lowest BCUT2D eigenvalue weighted by atomic mass is 10.1. The number of carbonyl (C=O) groups is 2. The maximum absolute atomic E-state index is 13.4. The van der Waals surface area contributed by atoms with E-state index >= 15 is 0 Å². The fourth-order valence-electron chi connectivity index (χ4n) is 3.94. The van der Waals surface area contributed by atoms with Gasteiger partial charge in [-0.15, -0.1) is 0 Å². The van der Waals surface area contributed by atoms with Gasteiger partial charge in [-0.25, -0.2) is 8.42 Å². The molecule has 0 unspecified atom stereocenters. The Morgan fingerprint density at radius 3 is 2.28 bits per heavy atom. The Morgan fingerprint density at radius 1 is 1.00 bits per heavy atom. The molecule has 0 aliphatic carbocycles. The minimum atomic E-state index is -3.52. The molecule has 198 valence electrons. The number of nitrogens with zero attached hydrogens (tertiary/aromatic N) is 2. The molecule has 2 amide bonds. The summed E-state index contributed by atoms with van der Waals surface area (Å²) in [6.45, 7) is 12.1. The van der Waals surface area contributed by atoms with E-state index in [9.17, 15) is 18.0 Å². The normalized spacial score (nSPS) is 13.1. The zero-order valence-electron chi connectivity index (χ0n) is 22.7. The van der Waals surface area contributed by atoms with Crippen LogP contribution in [0.5, 0.6) is 0 Å². The van der Waals surface area contributed by atoms with E-state index in [0.29, 0.717) is 18.7 Å². The van der Waals surface area contributed by atoms with E-state index in [1.807, 2.05) is 71.0 Å². The van der Waals surface area contributed by atoms with Gasteiger partial charge in [-0.3, -0.25) is 13.9 Å². The zero-order valence-corrected chi connectivity index (χ0v) is 23.5. The number of sulfonamides is 1. The first-order valence-electron chi connectivity index (χ1n) is 12.5. The van der Waals surface area contributed by atoms with Crippen LogP contribution in [0.4, 0.5) is 5.69 Å². The fraction of sp³-hybridized carbons (Fsp3) is 0.500. The number of aryl methyl sites for hydroxylation is 3. The summed E-state index contributed by atoms with van der Waals surface area (Å²) in [5.41, 5.74) is 4.70. The third-order valence-electron chi connectivity index (χ3n) is 6.53. The molecule has 0 spiro atoms. The lowest BCUT2D eigenvalue weighted by Gasteiger charge is -2.30.